The number of benzene rings is 2. The van der Waals surface area contributed by atoms with E-state index in [-0.39, 0.29) is 5.92 Å². The van der Waals surface area contributed by atoms with Gasteiger partial charge in [0.2, 0.25) is 0 Å². The van der Waals surface area contributed by atoms with Crippen LogP contribution in [0.2, 0.25) is 5.02 Å². The molecular formula is C21H25BrClNO2. The van der Waals surface area contributed by atoms with Crippen molar-refractivity contribution >= 4 is 27.5 Å². The molecule has 2 aromatic rings. The van der Waals surface area contributed by atoms with Gasteiger partial charge in [0.05, 0.1) is 18.8 Å². The number of aliphatic hydroxyl groups is 1. The summed E-state index contributed by atoms with van der Waals surface area (Å²) in [6.45, 7) is 6.11. The van der Waals surface area contributed by atoms with Crippen molar-refractivity contribution in [1.29, 1.82) is 0 Å². The van der Waals surface area contributed by atoms with Crippen LogP contribution in [0.15, 0.2) is 53.0 Å². The normalized spacial score (nSPS) is 19.1. The summed E-state index contributed by atoms with van der Waals surface area (Å²) in [7, 11) is 0. The molecule has 0 aliphatic carbocycles. The van der Waals surface area contributed by atoms with Crippen molar-refractivity contribution in [3.8, 4) is 0 Å². The van der Waals surface area contributed by atoms with Crippen molar-refractivity contribution in [1.82, 2.24) is 4.90 Å². The van der Waals surface area contributed by atoms with Gasteiger partial charge in [-0.3, -0.25) is 4.90 Å². The molecule has 26 heavy (non-hydrogen) atoms. The molecule has 0 aromatic heterocycles. The molecule has 0 bridgehead atoms. The van der Waals surface area contributed by atoms with E-state index in [1.54, 1.807) is 0 Å². The van der Waals surface area contributed by atoms with Crippen LogP contribution in [0.3, 0.4) is 0 Å². The third kappa shape index (κ3) is 4.49. The molecule has 0 radical (unpaired) electrons. The second kappa shape index (κ2) is 8.85. The molecule has 2 atom stereocenters. The Morgan fingerprint density at radius 1 is 1.12 bits per heavy atom. The summed E-state index contributed by atoms with van der Waals surface area (Å²) in [6.07, 6.45) is 0.631. The Bertz CT molecular complexity index is 701. The lowest BCUT2D eigenvalue weighted by atomic mass is 9.75. The Balaban J connectivity index is 1.98. The number of ether oxygens (including phenoxy) is 1. The minimum absolute atomic E-state index is 0.0518. The zero-order chi connectivity index (χ0) is 18.6. The average molecular weight is 439 g/mol. The van der Waals surface area contributed by atoms with Gasteiger partial charge >= 0.3 is 0 Å². The Kier molecular flexibility index (Phi) is 6.76. The molecule has 0 amide bonds. The van der Waals surface area contributed by atoms with Crippen LogP contribution < -0.4 is 0 Å². The Morgan fingerprint density at radius 2 is 1.73 bits per heavy atom. The zero-order valence-electron chi connectivity index (χ0n) is 15.0. The smallest absolute Gasteiger partial charge is 0.0974 e. The number of nitrogens with zero attached hydrogens (tertiary/aromatic N) is 1. The van der Waals surface area contributed by atoms with E-state index in [1.807, 2.05) is 55.5 Å². The van der Waals surface area contributed by atoms with Crippen LogP contribution in [0.1, 0.15) is 30.4 Å². The third-order valence-corrected chi connectivity index (χ3v) is 6.06. The molecule has 1 heterocycles. The van der Waals surface area contributed by atoms with Gasteiger partial charge < -0.3 is 9.84 Å². The maximum Gasteiger partial charge on any atom is 0.0974 e. The second-order valence-electron chi connectivity index (χ2n) is 6.80. The predicted octanol–water partition coefficient (Wildman–Crippen LogP) is 4.82. The van der Waals surface area contributed by atoms with E-state index in [1.165, 1.54) is 0 Å². The molecule has 1 aliphatic rings. The first-order valence-corrected chi connectivity index (χ1v) is 10.2. The molecule has 5 heteroatoms. The largest absolute Gasteiger partial charge is 0.384 e. The molecule has 2 unspecified atom stereocenters. The summed E-state index contributed by atoms with van der Waals surface area (Å²) in [5.74, 6) is -0.0518. The van der Waals surface area contributed by atoms with Crippen LogP contribution >= 0.6 is 27.5 Å². The summed E-state index contributed by atoms with van der Waals surface area (Å²) in [5.41, 5.74) is 1.09. The summed E-state index contributed by atoms with van der Waals surface area (Å²) in [5, 5.41) is 12.5. The fourth-order valence-electron chi connectivity index (χ4n) is 3.66. The van der Waals surface area contributed by atoms with Crippen LogP contribution in [-0.4, -0.2) is 42.9 Å². The van der Waals surface area contributed by atoms with Gasteiger partial charge in [-0.25, -0.2) is 0 Å². The molecule has 3 rings (SSSR count). The van der Waals surface area contributed by atoms with Crippen molar-refractivity contribution in [2.45, 2.75) is 24.9 Å². The highest BCUT2D eigenvalue weighted by molar-refractivity contribution is 9.10. The minimum atomic E-state index is -0.952. The second-order valence-corrected chi connectivity index (χ2v) is 8.15. The highest BCUT2D eigenvalue weighted by Crippen LogP contribution is 2.41. The molecule has 1 saturated heterocycles. The van der Waals surface area contributed by atoms with E-state index < -0.39 is 5.60 Å². The maximum atomic E-state index is 11.8. The van der Waals surface area contributed by atoms with Gasteiger partial charge in [0.15, 0.2) is 0 Å². The van der Waals surface area contributed by atoms with Crippen LogP contribution in [0, 0.1) is 0 Å². The van der Waals surface area contributed by atoms with E-state index >= 15 is 0 Å². The molecule has 140 valence electrons. The Morgan fingerprint density at radius 3 is 2.31 bits per heavy atom. The first-order valence-electron chi connectivity index (χ1n) is 9.07. The molecule has 1 aliphatic heterocycles. The number of hydrogen-bond acceptors (Lipinski definition) is 3. The molecule has 1 fully saturated rings. The lowest BCUT2D eigenvalue weighted by Crippen LogP contribution is -2.44. The van der Waals surface area contributed by atoms with Crippen molar-refractivity contribution in [2.75, 3.05) is 32.8 Å². The topological polar surface area (TPSA) is 32.7 Å². The van der Waals surface area contributed by atoms with E-state index in [4.69, 9.17) is 16.3 Å². The van der Waals surface area contributed by atoms with Crippen LogP contribution in [0.4, 0.5) is 0 Å². The Labute approximate surface area is 169 Å². The van der Waals surface area contributed by atoms with Gasteiger partial charge in [0, 0.05) is 35.0 Å². The van der Waals surface area contributed by atoms with E-state index in [0.717, 1.165) is 48.4 Å². The maximum absolute atomic E-state index is 11.8. The lowest BCUT2D eigenvalue weighted by molar-refractivity contribution is -0.0250. The number of hydrogen-bond donors (Lipinski definition) is 1. The SMILES string of the molecule is CCC(O)(c1ccc(Br)cc1)C(CN1CCOCC1)c1ccc(Cl)cc1. The molecule has 2 aromatic carbocycles. The first kappa shape index (κ1) is 19.8. The van der Waals surface area contributed by atoms with Gasteiger partial charge in [-0.05, 0) is 41.8 Å². The van der Waals surface area contributed by atoms with E-state index in [0.29, 0.717) is 11.4 Å². The molecule has 3 nitrogen and oxygen atoms in total. The average Bonchev–Trinajstić information content (AvgIpc) is 2.68. The molecular weight excluding hydrogens is 414 g/mol. The predicted molar refractivity (Wildman–Crippen MR) is 110 cm³/mol. The fraction of sp³-hybridized carbons (Fsp3) is 0.429. The van der Waals surface area contributed by atoms with Crippen molar-refractivity contribution in [3.63, 3.8) is 0 Å². The number of rotatable bonds is 6. The van der Waals surface area contributed by atoms with Crippen LogP contribution in [0.5, 0.6) is 0 Å². The van der Waals surface area contributed by atoms with Gasteiger partial charge in [-0.2, -0.15) is 0 Å². The van der Waals surface area contributed by atoms with E-state index in [2.05, 4.69) is 20.8 Å². The standard InChI is InChI=1S/C21H25BrClNO2/c1-2-21(25,17-5-7-18(22)8-6-17)20(15-24-11-13-26-14-12-24)16-3-9-19(23)10-4-16/h3-10,20,25H,2,11-15H2,1H3. The molecule has 1 N–H and O–H groups in total. The van der Waals surface area contributed by atoms with Gasteiger partial charge in [-0.1, -0.05) is 58.7 Å². The number of halogens is 2. The van der Waals surface area contributed by atoms with Gasteiger partial charge in [-0.15, -0.1) is 0 Å². The molecule has 0 spiro atoms. The quantitative estimate of drug-likeness (QED) is 0.702. The highest BCUT2D eigenvalue weighted by Gasteiger charge is 2.39. The Hall–Kier alpha value is -0.910. The summed E-state index contributed by atoms with van der Waals surface area (Å²) >= 11 is 9.58. The van der Waals surface area contributed by atoms with Gasteiger partial charge in [0.1, 0.15) is 0 Å². The van der Waals surface area contributed by atoms with Crippen molar-refractivity contribution in [3.05, 3.63) is 69.2 Å². The fourth-order valence-corrected chi connectivity index (χ4v) is 4.05. The summed E-state index contributed by atoms with van der Waals surface area (Å²) in [6, 6.07) is 15.9. The first-order chi connectivity index (χ1) is 12.5. The minimum Gasteiger partial charge on any atom is -0.384 e. The van der Waals surface area contributed by atoms with Crippen LogP contribution in [-0.2, 0) is 10.3 Å². The monoisotopic (exact) mass is 437 g/mol. The molecule has 0 saturated carbocycles. The summed E-state index contributed by atoms with van der Waals surface area (Å²) in [4.78, 5) is 2.38. The highest BCUT2D eigenvalue weighted by atomic mass is 79.9. The zero-order valence-corrected chi connectivity index (χ0v) is 17.3. The summed E-state index contributed by atoms with van der Waals surface area (Å²) < 4.78 is 6.50. The van der Waals surface area contributed by atoms with Gasteiger partial charge in [0.25, 0.3) is 0 Å². The number of morpholine rings is 1. The van der Waals surface area contributed by atoms with Crippen LogP contribution in [0.25, 0.3) is 0 Å². The van der Waals surface area contributed by atoms with Crippen molar-refractivity contribution in [2.24, 2.45) is 0 Å². The van der Waals surface area contributed by atoms with Crippen molar-refractivity contribution < 1.29 is 9.84 Å². The van der Waals surface area contributed by atoms with E-state index in [9.17, 15) is 5.11 Å². The third-order valence-electron chi connectivity index (χ3n) is 5.28. The lowest BCUT2D eigenvalue weighted by Gasteiger charge is -2.40.